The Kier molecular flexibility index (Phi) is 5.90. The average molecular weight is 470 g/mol. The Hall–Kier alpha value is -3.91. The van der Waals surface area contributed by atoms with E-state index in [-0.39, 0.29) is 5.56 Å². The number of rotatable bonds is 6. The molecule has 0 aliphatic heterocycles. The van der Waals surface area contributed by atoms with Crippen LogP contribution in [0.25, 0.3) is 28.0 Å². The van der Waals surface area contributed by atoms with Gasteiger partial charge in [0.25, 0.3) is 5.56 Å². The van der Waals surface area contributed by atoms with Gasteiger partial charge in [-0.1, -0.05) is 41.6 Å². The van der Waals surface area contributed by atoms with Crippen LogP contribution in [0.1, 0.15) is 17.0 Å². The summed E-state index contributed by atoms with van der Waals surface area (Å²) in [6, 6.07) is 21.6. The van der Waals surface area contributed by atoms with E-state index >= 15 is 0 Å². The third kappa shape index (κ3) is 4.20. The lowest BCUT2D eigenvalue weighted by Crippen LogP contribution is -2.12. The molecule has 0 unspecified atom stereocenters. The van der Waals surface area contributed by atoms with Crippen molar-refractivity contribution in [3.05, 3.63) is 94.0 Å². The lowest BCUT2D eigenvalue weighted by molar-refractivity contribution is 0.415. The molecule has 0 saturated carbocycles. The van der Waals surface area contributed by atoms with E-state index in [0.717, 1.165) is 33.9 Å². The zero-order chi connectivity index (χ0) is 23.7. The van der Waals surface area contributed by atoms with E-state index < -0.39 is 0 Å². The molecule has 170 valence electrons. The maximum atomic E-state index is 12.6. The van der Waals surface area contributed by atoms with Crippen molar-refractivity contribution in [2.75, 3.05) is 7.11 Å². The molecule has 0 radical (unpaired) electrons. The number of benzene rings is 3. The van der Waals surface area contributed by atoms with Crippen LogP contribution in [-0.4, -0.2) is 31.8 Å². The molecule has 5 aromatic rings. The smallest absolute Gasteiger partial charge is 0.258 e. The molecule has 0 aliphatic rings. The molecule has 0 bridgehead atoms. The van der Waals surface area contributed by atoms with Crippen molar-refractivity contribution in [3.8, 4) is 22.8 Å². The highest BCUT2D eigenvalue weighted by atomic mass is 32.2. The molecule has 0 fully saturated rings. The molecule has 0 atom stereocenters. The molecule has 34 heavy (non-hydrogen) atoms. The van der Waals surface area contributed by atoms with Gasteiger partial charge >= 0.3 is 0 Å². The number of H-pyrrole nitrogens is 1. The van der Waals surface area contributed by atoms with Crippen molar-refractivity contribution in [2.45, 2.75) is 24.8 Å². The summed E-state index contributed by atoms with van der Waals surface area (Å²) in [6.45, 7) is 4.01. The molecule has 5 rings (SSSR count). The number of aromatic nitrogens is 5. The van der Waals surface area contributed by atoms with Gasteiger partial charge < -0.3 is 9.72 Å². The Balaban J connectivity index is 1.53. The molecule has 0 amide bonds. The first-order valence-electron chi connectivity index (χ1n) is 10.8. The molecular formula is C26H23N5O2S. The van der Waals surface area contributed by atoms with Gasteiger partial charge in [-0.3, -0.25) is 9.36 Å². The molecule has 8 heteroatoms. The van der Waals surface area contributed by atoms with Crippen LogP contribution in [0.15, 0.2) is 76.7 Å². The third-order valence-electron chi connectivity index (χ3n) is 5.60. The molecular weight excluding hydrogens is 446 g/mol. The van der Waals surface area contributed by atoms with E-state index in [0.29, 0.717) is 22.1 Å². The van der Waals surface area contributed by atoms with Crippen molar-refractivity contribution in [1.82, 2.24) is 24.7 Å². The van der Waals surface area contributed by atoms with E-state index in [1.54, 1.807) is 13.2 Å². The van der Waals surface area contributed by atoms with E-state index in [9.17, 15) is 4.79 Å². The largest absolute Gasteiger partial charge is 0.497 e. The fourth-order valence-corrected chi connectivity index (χ4v) is 4.59. The highest BCUT2D eigenvalue weighted by Gasteiger charge is 2.17. The van der Waals surface area contributed by atoms with Crippen LogP contribution in [0.4, 0.5) is 0 Å². The number of methoxy groups -OCH3 is 1. The van der Waals surface area contributed by atoms with Gasteiger partial charge in [-0.2, -0.15) is 0 Å². The molecule has 7 nitrogen and oxygen atoms in total. The van der Waals surface area contributed by atoms with Gasteiger partial charge in [0.1, 0.15) is 11.6 Å². The second-order valence-electron chi connectivity index (χ2n) is 7.98. The van der Waals surface area contributed by atoms with Crippen molar-refractivity contribution in [1.29, 1.82) is 0 Å². The van der Waals surface area contributed by atoms with Gasteiger partial charge in [-0.05, 0) is 61.9 Å². The third-order valence-corrected chi connectivity index (χ3v) is 6.54. The number of fused-ring (bicyclic) bond motifs is 1. The van der Waals surface area contributed by atoms with Gasteiger partial charge in [0.15, 0.2) is 11.0 Å². The van der Waals surface area contributed by atoms with E-state index in [2.05, 4.69) is 46.4 Å². The predicted octanol–water partition coefficient (Wildman–Crippen LogP) is 5.09. The van der Waals surface area contributed by atoms with Crippen LogP contribution >= 0.6 is 11.8 Å². The first kappa shape index (κ1) is 21.9. The number of hydrogen-bond donors (Lipinski definition) is 1. The van der Waals surface area contributed by atoms with Crippen molar-refractivity contribution >= 4 is 22.7 Å². The Bertz CT molecular complexity index is 1520. The normalized spacial score (nSPS) is 11.1. The fourth-order valence-electron chi connectivity index (χ4n) is 3.77. The van der Waals surface area contributed by atoms with Gasteiger partial charge in [-0.15, -0.1) is 10.2 Å². The minimum Gasteiger partial charge on any atom is -0.497 e. The topological polar surface area (TPSA) is 85.7 Å². The summed E-state index contributed by atoms with van der Waals surface area (Å²) in [5.74, 6) is 2.55. The van der Waals surface area contributed by atoms with E-state index in [4.69, 9.17) is 9.72 Å². The summed E-state index contributed by atoms with van der Waals surface area (Å²) in [5, 5.41) is 10.3. The highest BCUT2D eigenvalue weighted by Crippen LogP contribution is 2.30. The monoisotopic (exact) mass is 469 g/mol. The average Bonchev–Trinajstić information content (AvgIpc) is 3.28. The van der Waals surface area contributed by atoms with E-state index in [1.807, 2.05) is 47.9 Å². The van der Waals surface area contributed by atoms with E-state index in [1.165, 1.54) is 17.3 Å². The van der Waals surface area contributed by atoms with Crippen LogP contribution in [0.5, 0.6) is 5.75 Å². The van der Waals surface area contributed by atoms with Gasteiger partial charge in [0.2, 0.25) is 0 Å². The molecule has 0 spiro atoms. The quantitative estimate of drug-likeness (QED) is 0.349. The number of aryl methyl sites for hydroxylation is 2. The molecule has 0 saturated heterocycles. The first-order chi connectivity index (χ1) is 16.5. The SMILES string of the molecule is COc1ccc(-c2nnc(SCc3nc4c(C)cccc4c(=O)[nH]3)n2-c2ccc(C)cc2)cc1. The van der Waals surface area contributed by atoms with Gasteiger partial charge in [0, 0.05) is 11.3 Å². The summed E-state index contributed by atoms with van der Waals surface area (Å²) in [4.78, 5) is 20.2. The number of para-hydroxylation sites is 1. The summed E-state index contributed by atoms with van der Waals surface area (Å²) in [5.41, 5.74) is 4.61. The maximum absolute atomic E-state index is 12.6. The predicted molar refractivity (Wildman–Crippen MR) is 135 cm³/mol. The molecule has 2 aromatic heterocycles. The lowest BCUT2D eigenvalue weighted by atomic mass is 10.1. The van der Waals surface area contributed by atoms with Gasteiger partial charge in [-0.25, -0.2) is 4.98 Å². The van der Waals surface area contributed by atoms with Crippen molar-refractivity contribution < 1.29 is 4.74 Å². The Morgan fingerprint density at radius 1 is 0.971 bits per heavy atom. The molecule has 3 aromatic carbocycles. The molecule has 2 heterocycles. The van der Waals surface area contributed by atoms with Gasteiger partial charge in [0.05, 0.1) is 23.8 Å². The number of nitrogens with zero attached hydrogens (tertiary/aromatic N) is 4. The number of ether oxygens (including phenoxy) is 1. The van der Waals surface area contributed by atoms with Crippen LogP contribution < -0.4 is 10.3 Å². The van der Waals surface area contributed by atoms with Crippen LogP contribution in [-0.2, 0) is 5.75 Å². The second kappa shape index (κ2) is 9.15. The minimum atomic E-state index is -0.136. The number of thioether (sulfide) groups is 1. The number of nitrogens with one attached hydrogen (secondary N) is 1. The van der Waals surface area contributed by atoms with Crippen LogP contribution in [0, 0.1) is 13.8 Å². The van der Waals surface area contributed by atoms with Crippen LogP contribution in [0.3, 0.4) is 0 Å². The zero-order valence-electron chi connectivity index (χ0n) is 19.1. The molecule has 0 aliphatic carbocycles. The molecule has 1 N–H and O–H groups in total. The summed E-state index contributed by atoms with van der Waals surface area (Å²) in [7, 11) is 1.64. The fraction of sp³-hybridized carbons (Fsp3) is 0.154. The first-order valence-corrected chi connectivity index (χ1v) is 11.8. The zero-order valence-corrected chi connectivity index (χ0v) is 19.9. The summed E-state index contributed by atoms with van der Waals surface area (Å²) in [6.07, 6.45) is 0. The highest BCUT2D eigenvalue weighted by molar-refractivity contribution is 7.98. The number of hydrogen-bond acceptors (Lipinski definition) is 6. The standard InChI is InChI=1S/C26H23N5O2S/c1-16-7-11-19(12-8-16)31-24(18-9-13-20(33-3)14-10-18)29-30-26(31)34-15-22-27-23-17(2)5-4-6-21(23)25(32)28-22/h4-14H,15H2,1-3H3,(H,27,28,32). The minimum absolute atomic E-state index is 0.136. The summed E-state index contributed by atoms with van der Waals surface area (Å²) < 4.78 is 7.32. The lowest BCUT2D eigenvalue weighted by Gasteiger charge is -2.11. The Morgan fingerprint density at radius 3 is 2.47 bits per heavy atom. The van der Waals surface area contributed by atoms with Crippen molar-refractivity contribution in [2.24, 2.45) is 0 Å². The van der Waals surface area contributed by atoms with Crippen molar-refractivity contribution in [3.63, 3.8) is 0 Å². The Morgan fingerprint density at radius 2 is 1.74 bits per heavy atom. The Labute approximate surface area is 200 Å². The summed E-state index contributed by atoms with van der Waals surface area (Å²) >= 11 is 1.48. The second-order valence-corrected chi connectivity index (χ2v) is 8.92. The van der Waals surface area contributed by atoms with Crippen LogP contribution in [0.2, 0.25) is 0 Å². The number of aromatic amines is 1. The maximum Gasteiger partial charge on any atom is 0.258 e.